The monoisotopic (exact) mass is 323 g/mol. The van der Waals surface area contributed by atoms with Gasteiger partial charge in [-0.25, -0.2) is 0 Å². The molecule has 0 radical (unpaired) electrons. The van der Waals surface area contributed by atoms with Crippen molar-refractivity contribution >= 4 is 0 Å². The third kappa shape index (κ3) is 4.91. The summed E-state index contributed by atoms with van der Waals surface area (Å²) in [4.78, 5) is 8.15. The molecule has 3 fully saturated rings. The Hall–Kier alpha value is -0.160. The zero-order chi connectivity index (χ0) is 16.1. The molecule has 134 valence electrons. The third-order valence-corrected chi connectivity index (χ3v) is 6.33. The van der Waals surface area contributed by atoms with E-state index in [9.17, 15) is 0 Å². The third-order valence-electron chi connectivity index (χ3n) is 6.33. The number of likely N-dealkylation sites (tertiary alicyclic amines) is 1. The molecule has 0 bridgehead atoms. The first-order valence-electron chi connectivity index (χ1n) is 9.95. The van der Waals surface area contributed by atoms with E-state index >= 15 is 0 Å². The van der Waals surface area contributed by atoms with Gasteiger partial charge in [0.25, 0.3) is 0 Å². The summed E-state index contributed by atoms with van der Waals surface area (Å²) in [7, 11) is 0. The molecule has 0 saturated carbocycles. The fraction of sp³-hybridized carbons (Fsp3) is 1.00. The van der Waals surface area contributed by atoms with Crippen molar-refractivity contribution in [1.82, 2.24) is 14.7 Å². The minimum atomic E-state index is 0.492. The molecule has 4 nitrogen and oxygen atoms in total. The van der Waals surface area contributed by atoms with Gasteiger partial charge in [0.1, 0.15) is 0 Å². The first-order valence-corrected chi connectivity index (χ1v) is 9.95. The van der Waals surface area contributed by atoms with Gasteiger partial charge in [0, 0.05) is 52.0 Å². The lowest BCUT2D eigenvalue weighted by Crippen LogP contribution is -2.54. The Morgan fingerprint density at radius 1 is 0.913 bits per heavy atom. The van der Waals surface area contributed by atoms with Crippen LogP contribution in [0.15, 0.2) is 0 Å². The Bertz CT molecular complexity index is 341. The van der Waals surface area contributed by atoms with Gasteiger partial charge >= 0.3 is 0 Å². The Morgan fingerprint density at radius 2 is 1.57 bits per heavy atom. The molecule has 23 heavy (non-hydrogen) atoms. The van der Waals surface area contributed by atoms with Crippen molar-refractivity contribution in [2.75, 3.05) is 65.6 Å². The van der Waals surface area contributed by atoms with Crippen molar-refractivity contribution in [2.45, 2.75) is 52.0 Å². The first-order chi connectivity index (χ1) is 11.2. The molecule has 3 heterocycles. The Labute approximate surface area is 143 Å². The molecule has 0 aromatic carbocycles. The zero-order valence-corrected chi connectivity index (χ0v) is 15.4. The zero-order valence-electron chi connectivity index (χ0n) is 15.4. The van der Waals surface area contributed by atoms with Crippen LogP contribution in [0.25, 0.3) is 0 Å². The fourth-order valence-corrected chi connectivity index (χ4v) is 4.67. The van der Waals surface area contributed by atoms with Crippen molar-refractivity contribution < 1.29 is 4.74 Å². The average Bonchev–Trinajstić information content (AvgIpc) is 2.57. The van der Waals surface area contributed by atoms with Gasteiger partial charge in [-0.2, -0.15) is 0 Å². The van der Waals surface area contributed by atoms with Crippen molar-refractivity contribution in [3.63, 3.8) is 0 Å². The molecule has 4 heteroatoms. The molecule has 0 atom stereocenters. The summed E-state index contributed by atoms with van der Waals surface area (Å²) in [6, 6.07) is 0.851. The van der Waals surface area contributed by atoms with Crippen LogP contribution in [0.1, 0.15) is 46.0 Å². The van der Waals surface area contributed by atoms with Crippen LogP contribution >= 0.6 is 0 Å². The van der Waals surface area contributed by atoms with Crippen LogP contribution in [0.3, 0.4) is 0 Å². The minimum absolute atomic E-state index is 0.492. The smallest absolute Gasteiger partial charge is 0.0471 e. The van der Waals surface area contributed by atoms with E-state index in [1.54, 1.807) is 0 Å². The van der Waals surface area contributed by atoms with E-state index in [1.807, 2.05) is 0 Å². The summed E-state index contributed by atoms with van der Waals surface area (Å²) in [6.45, 7) is 17.0. The van der Waals surface area contributed by atoms with Crippen LogP contribution < -0.4 is 0 Å². The van der Waals surface area contributed by atoms with Crippen LogP contribution in [0.4, 0.5) is 0 Å². The summed E-state index contributed by atoms with van der Waals surface area (Å²) < 4.78 is 5.55. The number of piperazine rings is 1. The second-order valence-corrected chi connectivity index (χ2v) is 8.31. The second kappa shape index (κ2) is 8.28. The van der Waals surface area contributed by atoms with Crippen LogP contribution in [-0.2, 0) is 4.74 Å². The van der Waals surface area contributed by atoms with Gasteiger partial charge in [-0.05, 0) is 57.2 Å². The van der Waals surface area contributed by atoms with Gasteiger partial charge in [0.2, 0.25) is 0 Å². The van der Waals surface area contributed by atoms with Crippen molar-refractivity contribution in [2.24, 2.45) is 5.41 Å². The number of ether oxygens (including phenoxy) is 1. The fourth-order valence-electron chi connectivity index (χ4n) is 4.67. The molecular formula is C19H37N3O. The van der Waals surface area contributed by atoms with Gasteiger partial charge in [-0.15, -0.1) is 0 Å². The van der Waals surface area contributed by atoms with Gasteiger partial charge < -0.3 is 14.5 Å². The number of piperidine rings is 1. The summed E-state index contributed by atoms with van der Waals surface area (Å²) in [6.07, 6.45) is 6.55. The lowest BCUT2D eigenvalue weighted by atomic mass is 9.82. The molecule has 3 aliphatic heterocycles. The SMILES string of the molecule is CCCN1CCC(N2CCN(CC3(C)CCOCC3)CC2)CC1. The highest BCUT2D eigenvalue weighted by Crippen LogP contribution is 2.31. The van der Waals surface area contributed by atoms with E-state index in [-0.39, 0.29) is 0 Å². The molecule has 0 aromatic heterocycles. The second-order valence-electron chi connectivity index (χ2n) is 8.31. The number of rotatable bonds is 5. The van der Waals surface area contributed by atoms with E-state index in [1.165, 1.54) is 84.5 Å². The van der Waals surface area contributed by atoms with Crippen LogP contribution in [-0.4, -0.2) is 86.3 Å². The Morgan fingerprint density at radius 3 is 2.17 bits per heavy atom. The minimum Gasteiger partial charge on any atom is -0.381 e. The maximum atomic E-state index is 5.55. The van der Waals surface area contributed by atoms with E-state index in [2.05, 4.69) is 28.5 Å². The van der Waals surface area contributed by atoms with Crippen LogP contribution in [0, 0.1) is 5.41 Å². The summed E-state index contributed by atoms with van der Waals surface area (Å²) >= 11 is 0. The lowest BCUT2D eigenvalue weighted by molar-refractivity contribution is -0.00992. The highest BCUT2D eigenvalue weighted by Gasteiger charge is 2.32. The van der Waals surface area contributed by atoms with Crippen molar-refractivity contribution in [1.29, 1.82) is 0 Å². The standard InChI is InChI=1S/C19H37N3O/c1-3-8-20-9-4-18(5-10-20)22-13-11-21(12-14-22)17-19(2)6-15-23-16-7-19/h18H,3-17H2,1-2H3. The maximum absolute atomic E-state index is 5.55. The predicted molar refractivity (Wildman–Crippen MR) is 95.9 cm³/mol. The summed E-state index contributed by atoms with van der Waals surface area (Å²) in [5.74, 6) is 0. The topological polar surface area (TPSA) is 19.0 Å². The summed E-state index contributed by atoms with van der Waals surface area (Å²) in [5, 5.41) is 0. The van der Waals surface area contributed by atoms with Gasteiger partial charge in [-0.1, -0.05) is 13.8 Å². The quantitative estimate of drug-likeness (QED) is 0.773. The molecule has 0 spiro atoms. The van der Waals surface area contributed by atoms with E-state index in [0.717, 1.165) is 19.3 Å². The highest BCUT2D eigenvalue weighted by molar-refractivity contribution is 4.86. The normalized spacial score (nSPS) is 29.0. The predicted octanol–water partition coefficient (Wildman–Crippen LogP) is 2.30. The molecule has 0 amide bonds. The first kappa shape index (κ1) is 17.7. The molecule has 3 saturated heterocycles. The number of hydrogen-bond acceptors (Lipinski definition) is 4. The molecular weight excluding hydrogens is 286 g/mol. The number of hydrogen-bond donors (Lipinski definition) is 0. The van der Waals surface area contributed by atoms with Crippen molar-refractivity contribution in [3.8, 4) is 0 Å². The molecule has 3 aliphatic rings. The van der Waals surface area contributed by atoms with E-state index in [0.29, 0.717) is 5.41 Å². The van der Waals surface area contributed by atoms with Gasteiger partial charge in [0.15, 0.2) is 0 Å². The van der Waals surface area contributed by atoms with Crippen molar-refractivity contribution in [3.05, 3.63) is 0 Å². The van der Waals surface area contributed by atoms with Crippen LogP contribution in [0.2, 0.25) is 0 Å². The molecule has 3 rings (SSSR count). The average molecular weight is 324 g/mol. The van der Waals surface area contributed by atoms with Gasteiger partial charge in [-0.3, -0.25) is 4.90 Å². The molecule has 0 aromatic rings. The highest BCUT2D eigenvalue weighted by atomic mass is 16.5. The Balaban J connectivity index is 1.39. The largest absolute Gasteiger partial charge is 0.381 e. The summed E-state index contributed by atoms with van der Waals surface area (Å²) in [5.41, 5.74) is 0.492. The van der Waals surface area contributed by atoms with E-state index < -0.39 is 0 Å². The molecule has 0 aliphatic carbocycles. The van der Waals surface area contributed by atoms with E-state index in [4.69, 9.17) is 4.74 Å². The van der Waals surface area contributed by atoms with Crippen LogP contribution in [0.5, 0.6) is 0 Å². The lowest BCUT2D eigenvalue weighted by Gasteiger charge is -2.45. The molecule has 0 unspecified atom stereocenters. The maximum Gasteiger partial charge on any atom is 0.0471 e. The Kier molecular flexibility index (Phi) is 6.36. The molecule has 0 N–H and O–H groups in total. The number of nitrogens with zero attached hydrogens (tertiary/aromatic N) is 3. The van der Waals surface area contributed by atoms with Gasteiger partial charge in [0.05, 0.1) is 0 Å².